The maximum absolute atomic E-state index is 12.8. The van der Waals surface area contributed by atoms with Gasteiger partial charge in [0.05, 0.1) is 0 Å². The Labute approximate surface area is 148 Å². The van der Waals surface area contributed by atoms with Gasteiger partial charge in [-0.15, -0.1) is 0 Å². The first-order chi connectivity index (χ1) is 11.8. The number of nitrogens with zero attached hydrogens (tertiary/aromatic N) is 1. The van der Waals surface area contributed by atoms with Crippen LogP contribution in [0.5, 0.6) is 11.5 Å². The number of likely N-dealkylation sites (tertiary alicyclic amines) is 1. The monoisotopic (exact) mass is 346 g/mol. The summed E-state index contributed by atoms with van der Waals surface area (Å²) in [6, 6.07) is 5.28. The van der Waals surface area contributed by atoms with Crippen LogP contribution in [-0.2, 0) is 9.59 Å². The Morgan fingerprint density at radius 3 is 2.76 bits per heavy atom. The molecule has 6 nitrogen and oxygen atoms in total. The first-order valence-electron chi connectivity index (χ1n) is 8.79. The van der Waals surface area contributed by atoms with Gasteiger partial charge in [-0.3, -0.25) is 9.59 Å². The molecule has 2 aliphatic heterocycles. The van der Waals surface area contributed by atoms with Gasteiger partial charge in [0.1, 0.15) is 5.54 Å². The molecule has 2 heterocycles. The number of hydrogen-bond acceptors (Lipinski definition) is 4. The average molecular weight is 346 g/mol. The largest absolute Gasteiger partial charge is 0.454 e. The molecule has 1 N–H and O–H groups in total. The summed E-state index contributed by atoms with van der Waals surface area (Å²) >= 11 is 0. The van der Waals surface area contributed by atoms with Crippen LogP contribution in [-0.4, -0.2) is 35.6 Å². The molecule has 0 unspecified atom stereocenters. The van der Waals surface area contributed by atoms with Crippen molar-refractivity contribution < 1.29 is 19.1 Å². The van der Waals surface area contributed by atoms with Gasteiger partial charge in [-0.1, -0.05) is 13.8 Å². The topological polar surface area (TPSA) is 67.9 Å². The van der Waals surface area contributed by atoms with Crippen LogP contribution in [0.3, 0.4) is 0 Å². The van der Waals surface area contributed by atoms with E-state index in [1.165, 1.54) is 0 Å². The average Bonchev–Trinajstić information content (AvgIpc) is 3.12. The van der Waals surface area contributed by atoms with Gasteiger partial charge in [-0.2, -0.15) is 0 Å². The highest BCUT2D eigenvalue weighted by molar-refractivity contribution is 6.00. The van der Waals surface area contributed by atoms with Crippen molar-refractivity contribution in [1.29, 1.82) is 0 Å². The fourth-order valence-electron chi connectivity index (χ4n) is 3.53. The minimum atomic E-state index is -0.904. The molecule has 1 saturated heterocycles. The lowest BCUT2D eigenvalue weighted by atomic mass is 9.96. The van der Waals surface area contributed by atoms with Crippen LogP contribution in [0.25, 0.3) is 0 Å². The molecule has 1 fully saturated rings. The zero-order valence-electron chi connectivity index (χ0n) is 15.3. The van der Waals surface area contributed by atoms with Crippen molar-refractivity contribution in [3.05, 3.63) is 18.2 Å². The number of carbonyl (C=O) groups is 2. The van der Waals surface area contributed by atoms with Crippen LogP contribution in [0, 0.1) is 11.8 Å². The second-order valence-electron chi connectivity index (χ2n) is 7.79. The molecular formula is C19H26N2O4. The molecule has 136 valence electrons. The summed E-state index contributed by atoms with van der Waals surface area (Å²) in [5.74, 6) is 2.00. The first-order valence-corrected chi connectivity index (χ1v) is 8.79. The Morgan fingerprint density at radius 1 is 1.32 bits per heavy atom. The smallest absolute Gasteiger partial charge is 0.249 e. The quantitative estimate of drug-likeness (QED) is 0.890. The third-order valence-corrected chi connectivity index (χ3v) is 4.87. The van der Waals surface area contributed by atoms with Gasteiger partial charge in [0.2, 0.25) is 18.6 Å². The number of amides is 2. The standard InChI is InChI=1S/C19H26N2O4/c1-12(2)7-13-8-17(22)21(10-13)19(3,4)18(23)20-14-5-6-15-16(9-14)25-11-24-15/h5-6,9,12-13H,7-8,10-11H2,1-4H3,(H,20,23)/t13-/m0/s1. The number of benzene rings is 1. The Bertz CT molecular complexity index is 684. The van der Waals surface area contributed by atoms with Crippen LogP contribution in [0.1, 0.15) is 40.5 Å². The van der Waals surface area contributed by atoms with Crippen molar-refractivity contribution in [2.75, 3.05) is 18.7 Å². The molecule has 2 aliphatic rings. The first kappa shape index (κ1) is 17.6. The van der Waals surface area contributed by atoms with E-state index < -0.39 is 5.54 Å². The maximum atomic E-state index is 12.8. The molecule has 0 aliphatic carbocycles. The summed E-state index contributed by atoms with van der Waals surface area (Å²) < 4.78 is 10.6. The Balaban J connectivity index is 1.69. The summed E-state index contributed by atoms with van der Waals surface area (Å²) in [7, 11) is 0. The Kier molecular flexibility index (Phi) is 4.62. The second kappa shape index (κ2) is 6.58. The summed E-state index contributed by atoms with van der Waals surface area (Å²) in [5, 5.41) is 2.90. The maximum Gasteiger partial charge on any atom is 0.249 e. The van der Waals surface area contributed by atoms with Crippen LogP contribution in [0.4, 0.5) is 5.69 Å². The molecule has 0 radical (unpaired) electrons. The minimum absolute atomic E-state index is 0.0523. The van der Waals surface area contributed by atoms with E-state index in [0.29, 0.717) is 42.0 Å². The highest BCUT2D eigenvalue weighted by atomic mass is 16.7. The number of fused-ring (bicyclic) bond motifs is 1. The van der Waals surface area contributed by atoms with Gasteiger partial charge in [0, 0.05) is 24.7 Å². The van der Waals surface area contributed by atoms with Crippen LogP contribution in [0.2, 0.25) is 0 Å². The molecule has 6 heteroatoms. The van der Waals surface area contributed by atoms with E-state index in [2.05, 4.69) is 19.2 Å². The lowest BCUT2D eigenvalue weighted by Crippen LogP contribution is -2.53. The van der Waals surface area contributed by atoms with Gasteiger partial charge >= 0.3 is 0 Å². The number of ether oxygens (including phenoxy) is 2. The predicted octanol–water partition coefficient (Wildman–Crippen LogP) is 3.03. The van der Waals surface area contributed by atoms with Crippen molar-refractivity contribution in [3.8, 4) is 11.5 Å². The molecule has 3 rings (SSSR count). The van der Waals surface area contributed by atoms with E-state index >= 15 is 0 Å². The van der Waals surface area contributed by atoms with Crippen LogP contribution < -0.4 is 14.8 Å². The van der Waals surface area contributed by atoms with Crippen molar-refractivity contribution in [3.63, 3.8) is 0 Å². The molecule has 1 aromatic carbocycles. The summed E-state index contributed by atoms with van der Waals surface area (Å²) in [6.45, 7) is 8.74. The third-order valence-electron chi connectivity index (χ3n) is 4.87. The normalized spacial score (nSPS) is 19.6. The molecule has 2 amide bonds. The highest BCUT2D eigenvalue weighted by Gasteiger charge is 2.43. The zero-order valence-corrected chi connectivity index (χ0v) is 15.3. The molecule has 0 spiro atoms. The number of anilines is 1. The number of rotatable bonds is 5. The summed E-state index contributed by atoms with van der Waals surface area (Å²) in [5.41, 5.74) is -0.271. The van der Waals surface area contributed by atoms with E-state index in [4.69, 9.17) is 9.47 Å². The number of hydrogen-bond donors (Lipinski definition) is 1. The minimum Gasteiger partial charge on any atom is -0.454 e. The van der Waals surface area contributed by atoms with Crippen molar-refractivity contribution in [1.82, 2.24) is 4.90 Å². The van der Waals surface area contributed by atoms with Crippen LogP contribution >= 0.6 is 0 Å². The highest BCUT2D eigenvalue weighted by Crippen LogP contribution is 2.35. The van der Waals surface area contributed by atoms with Gasteiger partial charge in [-0.25, -0.2) is 0 Å². The molecule has 0 saturated carbocycles. The predicted molar refractivity (Wildman–Crippen MR) is 94.5 cm³/mol. The molecule has 25 heavy (non-hydrogen) atoms. The molecular weight excluding hydrogens is 320 g/mol. The van der Waals surface area contributed by atoms with Gasteiger partial charge < -0.3 is 19.7 Å². The van der Waals surface area contributed by atoms with Crippen molar-refractivity contribution >= 4 is 17.5 Å². The number of nitrogens with one attached hydrogen (secondary N) is 1. The molecule has 0 bridgehead atoms. The molecule has 1 atom stereocenters. The Hall–Kier alpha value is -2.24. The van der Waals surface area contributed by atoms with Crippen molar-refractivity contribution in [2.45, 2.75) is 46.1 Å². The fourth-order valence-corrected chi connectivity index (χ4v) is 3.53. The molecule has 1 aromatic rings. The molecule has 0 aromatic heterocycles. The SMILES string of the molecule is CC(C)C[C@H]1CC(=O)N(C(C)(C)C(=O)Nc2ccc3c(c2)OCO3)C1. The van der Waals surface area contributed by atoms with Crippen LogP contribution in [0.15, 0.2) is 18.2 Å². The number of carbonyl (C=O) groups excluding carboxylic acids is 2. The van der Waals surface area contributed by atoms with Gasteiger partial charge in [-0.05, 0) is 44.2 Å². The van der Waals surface area contributed by atoms with E-state index in [9.17, 15) is 9.59 Å². The van der Waals surface area contributed by atoms with E-state index in [1.807, 2.05) is 0 Å². The lowest BCUT2D eigenvalue weighted by Gasteiger charge is -2.34. The van der Waals surface area contributed by atoms with E-state index in [1.54, 1.807) is 36.9 Å². The zero-order chi connectivity index (χ0) is 18.2. The third kappa shape index (κ3) is 3.57. The van der Waals surface area contributed by atoms with Gasteiger partial charge in [0.25, 0.3) is 0 Å². The fraction of sp³-hybridized carbons (Fsp3) is 0.579. The van der Waals surface area contributed by atoms with Gasteiger partial charge in [0.15, 0.2) is 11.5 Å². The Morgan fingerprint density at radius 2 is 2.04 bits per heavy atom. The summed E-state index contributed by atoms with van der Waals surface area (Å²) in [6.07, 6.45) is 1.53. The van der Waals surface area contributed by atoms with E-state index in [0.717, 1.165) is 6.42 Å². The van der Waals surface area contributed by atoms with Crippen molar-refractivity contribution in [2.24, 2.45) is 11.8 Å². The lowest BCUT2D eigenvalue weighted by molar-refractivity contribution is -0.139. The van der Waals surface area contributed by atoms with E-state index in [-0.39, 0.29) is 18.6 Å². The second-order valence-corrected chi connectivity index (χ2v) is 7.79. The summed E-state index contributed by atoms with van der Waals surface area (Å²) in [4.78, 5) is 27.0.